The van der Waals surface area contributed by atoms with Crippen molar-refractivity contribution in [2.24, 2.45) is 17.8 Å². The minimum Gasteiger partial charge on any atom is -0.481 e. The predicted molar refractivity (Wildman–Crippen MR) is 56.7 cm³/mol. The average molecular weight is 186 g/mol. The second-order valence-corrected chi connectivity index (χ2v) is 3.76. The van der Waals surface area contributed by atoms with Gasteiger partial charge in [-0.2, -0.15) is 0 Å². The third-order valence-corrected chi connectivity index (χ3v) is 1.72. The van der Waals surface area contributed by atoms with Gasteiger partial charge >= 0.3 is 5.97 Å². The molecule has 78 valence electrons. The highest BCUT2D eigenvalue weighted by molar-refractivity contribution is 5.70. The SMILES string of the molecule is C=CC.CC(C)C(C(=O)O)C(C)C. The summed E-state index contributed by atoms with van der Waals surface area (Å²) in [5, 5.41) is 8.71. The Morgan fingerprint density at radius 3 is 1.46 bits per heavy atom. The summed E-state index contributed by atoms with van der Waals surface area (Å²) >= 11 is 0. The van der Waals surface area contributed by atoms with Gasteiger partial charge in [-0.15, -0.1) is 6.58 Å². The molecular weight excluding hydrogens is 164 g/mol. The van der Waals surface area contributed by atoms with E-state index in [4.69, 9.17) is 5.11 Å². The van der Waals surface area contributed by atoms with Crippen LogP contribution in [0.4, 0.5) is 0 Å². The summed E-state index contributed by atoms with van der Waals surface area (Å²) < 4.78 is 0. The first-order chi connectivity index (χ1) is 5.88. The molecule has 0 bridgehead atoms. The van der Waals surface area contributed by atoms with Crippen molar-refractivity contribution >= 4 is 5.97 Å². The summed E-state index contributed by atoms with van der Waals surface area (Å²) in [7, 11) is 0. The fourth-order valence-electron chi connectivity index (χ4n) is 1.34. The summed E-state index contributed by atoms with van der Waals surface area (Å²) in [6, 6.07) is 0. The molecule has 0 amide bonds. The van der Waals surface area contributed by atoms with Gasteiger partial charge in [0.15, 0.2) is 0 Å². The highest BCUT2D eigenvalue weighted by Crippen LogP contribution is 2.19. The highest BCUT2D eigenvalue weighted by Gasteiger charge is 2.24. The van der Waals surface area contributed by atoms with Crippen molar-refractivity contribution in [1.82, 2.24) is 0 Å². The molecule has 2 heteroatoms. The van der Waals surface area contributed by atoms with Gasteiger partial charge in [-0.25, -0.2) is 0 Å². The summed E-state index contributed by atoms with van der Waals surface area (Å²) in [4.78, 5) is 10.6. The maximum absolute atomic E-state index is 10.6. The number of carbonyl (C=O) groups is 1. The molecule has 0 unspecified atom stereocenters. The quantitative estimate of drug-likeness (QED) is 0.687. The number of hydrogen-bond donors (Lipinski definition) is 1. The van der Waals surface area contributed by atoms with Crippen LogP contribution < -0.4 is 0 Å². The van der Waals surface area contributed by atoms with Crippen LogP contribution in [0.5, 0.6) is 0 Å². The van der Waals surface area contributed by atoms with Gasteiger partial charge in [0, 0.05) is 0 Å². The molecule has 0 saturated carbocycles. The molecule has 0 radical (unpaired) electrons. The van der Waals surface area contributed by atoms with Crippen LogP contribution in [0.1, 0.15) is 34.6 Å². The molecule has 1 N–H and O–H groups in total. The zero-order chi connectivity index (χ0) is 11.0. The molecule has 2 nitrogen and oxygen atoms in total. The van der Waals surface area contributed by atoms with Gasteiger partial charge in [-0.05, 0) is 18.8 Å². The third kappa shape index (κ3) is 7.57. The molecule has 0 saturated heterocycles. The normalized spacial score (nSPS) is 9.85. The lowest BCUT2D eigenvalue weighted by Crippen LogP contribution is -2.24. The molecule has 0 atom stereocenters. The van der Waals surface area contributed by atoms with Gasteiger partial charge in [0.2, 0.25) is 0 Å². The van der Waals surface area contributed by atoms with E-state index < -0.39 is 5.97 Å². The first kappa shape index (κ1) is 14.7. The van der Waals surface area contributed by atoms with Crippen LogP contribution in [0.25, 0.3) is 0 Å². The van der Waals surface area contributed by atoms with Crippen molar-refractivity contribution in [2.45, 2.75) is 34.6 Å². The van der Waals surface area contributed by atoms with Crippen LogP contribution in [0.2, 0.25) is 0 Å². The number of allylic oxidation sites excluding steroid dienone is 1. The van der Waals surface area contributed by atoms with Crippen molar-refractivity contribution in [3.05, 3.63) is 12.7 Å². The molecule has 0 aliphatic heterocycles. The molecule has 0 heterocycles. The fourth-order valence-corrected chi connectivity index (χ4v) is 1.34. The Morgan fingerprint density at radius 2 is 1.46 bits per heavy atom. The second-order valence-electron chi connectivity index (χ2n) is 3.76. The number of hydrogen-bond acceptors (Lipinski definition) is 1. The van der Waals surface area contributed by atoms with Crippen molar-refractivity contribution in [2.75, 3.05) is 0 Å². The number of rotatable bonds is 3. The monoisotopic (exact) mass is 186 g/mol. The van der Waals surface area contributed by atoms with Gasteiger partial charge in [0.25, 0.3) is 0 Å². The van der Waals surface area contributed by atoms with Gasteiger partial charge in [-0.3, -0.25) is 4.79 Å². The molecule has 0 rings (SSSR count). The lowest BCUT2D eigenvalue weighted by molar-refractivity contribution is -0.145. The molecule has 0 aliphatic carbocycles. The first-order valence-corrected chi connectivity index (χ1v) is 4.68. The summed E-state index contributed by atoms with van der Waals surface area (Å²) in [6.07, 6.45) is 1.75. The number of carboxylic acid groups (broad SMARTS) is 1. The van der Waals surface area contributed by atoms with Crippen LogP contribution >= 0.6 is 0 Å². The molecule has 0 spiro atoms. The largest absolute Gasteiger partial charge is 0.481 e. The van der Waals surface area contributed by atoms with Crippen LogP contribution in [0.15, 0.2) is 12.7 Å². The van der Waals surface area contributed by atoms with Gasteiger partial charge in [0.1, 0.15) is 0 Å². The number of carboxylic acids is 1. The Labute approximate surface area is 81.7 Å². The summed E-state index contributed by atoms with van der Waals surface area (Å²) in [6.45, 7) is 13.0. The average Bonchev–Trinajstić information content (AvgIpc) is 1.84. The van der Waals surface area contributed by atoms with Crippen LogP contribution in [0, 0.1) is 17.8 Å². The van der Waals surface area contributed by atoms with Crippen molar-refractivity contribution in [1.29, 1.82) is 0 Å². The van der Waals surface area contributed by atoms with E-state index in [1.54, 1.807) is 6.08 Å². The minimum atomic E-state index is -0.676. The van der Waals surface area contributed by atoms with E-state index in [2.05, 4.69) is 6.58 Å². The minimum absolute atomic E-state index is 0.194. The van der Waals surface area contributed by atoms with E-state index >= 15 is 0 Å². The maximum atomic E-state index is 10.6. The predicted octanol–water partition coefficient (Wildman–Crippen LogP) is 3.19. The van der Waals surface area contributed by atoms with Gasteiger partial charge < -0.3 is 5.11 Å². The Kier molecular flexibility index (Phi) is 8.87. The molecule has 0 aliphatic rings. The standard InChI is InChI=1S/C8H16O2.C3H6/c1-5(2)7(6(3)4)8(9)10;1-3-2/h5-7H,1-4H3,(H,9,10);3H,1H2,2H3. The topological polar surface area (TPSA) is 37.3 Å². The van der Waals surface area contributed by atoms with Gasteiger partial charge in [0.05, 0.1) is 5.92 Å². The van der Waals surface area contributed by atoms with Crippen LogP contribution in [-0.4, -0.2) is 11.1 Å². The zero-order valence-corrected chi connectivity index (χ0v) is 9.37. The zero-order valence-electron chi connectivity index (χ0n) is 9.37. The molecular formula is C11H22O2. The van der Waals surface area contributed by atoms with E-state index in [1.807, 2.05) is 34.6 Å². The van der Waals surface area contributed by atoms with Gasteiger partial charge in [-0.1, -0.05) is 33.8 Å². The first-order valence-electron chi connectivity index (χ1n) is 4.68. The highest BCUT2D eigenvalue weighted by atomic mass is 16.4. The van der Waals surface area contributed by atoms with Crippen LogP contribution in [0.3, 0.4) is 0 Å². The van der Waals surface area contributed by atoms with E-state index in [-0.39, 0.29) is 17.8 Å². The lowest BCUT2D eigenvalue weighted by Gasteiger charge is -2.19. The van der Waals surface area contributed by atoms with E-state index in [9.17, 15) is 4.79 Å². The van der Waals surface area contributed by atoms with Crippen LogP contribution in [-0.2, 0) is 4.79 Å². The van der Waals surface area contributed by atoms with E-state index in [0.29, 0.717) is 0 Å². The Morgan fingerprint density at radius 1 is 1.23 bits per heavy atom. The summed E-state index contributed by atoms with van der Waals surface area (Å²) in [5.41, 5.74) is 0. The molecule has 0 aromatic rings. The summed E-state index contributed by atoms with van der Waals surface area (Å²) in [5.74, 6) is -0.403. The Bertz CT molecular complexity index is 140. The fraction of sp³-hybridized carbons (Fsp3) is 0.727. The van der Waals surface area contributed by atoms with Crippen molar-refractivity contribution in [3.63, 3.8) is 0 Å². The number of aliphatic carboxylic acids is 1. The Balaban J connectivity index is 0. The second kappa shape index (κ2) is 7.84. The smallest absolute Gasteiger partial charge is 0.307 e. The molecule has 0 fully saturated rings. The maximum Gasteiger partial charge on any atom is 0.307 e. The lowest BCUT2D eigenvalue weighted by atomic mass is 9.86. The third-order valence-electron chi connectivity index (χ3n) is 1.72. The van der Waals surface area contributed by atoms with E-state index in [0.717, 1.165) is 0 Å². The Hall–Kier alpha value is -0.790. The van der Waals surface area contributed by atoms with E-state index in [1.165, 1.54) is 0 Å². The molecule has 0 aromatic carbocycles. The molecule has 0 aromatic heterocycles. The van der Waals surface area contributed by atoms with Crippen molar-refractivity contribution < 1.29 is 9.90 Å². The van der Waals surface area contributed by atoms with Crippen molar-refractivity contribution in [3.8, 4) is 0 Å². The molecule has 13 heavy (non-hydrogen) atoms.